The van der Waals surface area contributed by atoms with Gasteiger partial charge in [0.05, 0.1) is 5.56 Å². The van der Waals surface area contributed by atoms with E-state index in [1.807, 2.05) is 12.1 Å². The number of rotatable bonds is 4. The summed E-state index contributed by atoms with van der Waals surface area (Å²) >= 11 is 3.29. The van der Waals surface area contributed by atoms with Gasteiger partial charge in [0.25, 0.3) is 0 Å². The number of carboxylic acid groups (broad SMARTS) is 1. The third-order valence-corrected chi connectivity index (χ3v) is 4.25. The summed E-state index contributed by atoms with van der Waals surface area (Å²) < 4.78 is 0.625. The van der Waals surface area contributed by atoms with E-state index in [0.29, 0.717) is 10.0 Å². The molecule has 1 fully saturated rings. The zero-order chi connectivity index (χ0) is 13.1. The first-order chi connectivity index (χ1) is 8.56. The zero-order valence-electron chi connectivity index (χ0n) is 10.4. The van der Waals surface area contributed by atoms with Crippen molar-refractivity contribution in [3.05, 3.63) is 28.2 Å². The van der Waals surface area contributed by atoms with Gasteiger partial charge in [0, 0.05) is 16.7 Å². The van der Waals surface area contributed by atoms with Crippen LogP contribution in [0.3, 0.4) is 0 Å². The molecule has 0 amide bonds. The van der Waals surface area contributed by atoms with Crippen molar-refractivity contribution in [3.63, 3.8) is 0 Å². The molecule has 0 radical (unpaired) electrons. The molecule has 1 aliphatic carbocycles. The fourth-order valence-electron chi connectivity index (χ4n) is 2.57. The van der Waals surface area contributed by atoms with Crippen molar-refractivity contribution in [2.75, 3.05) is 11.9 Å². The summed E-state index contributed by atoms with van der Waals surface area (Å²) in [6, 6.07) is 5.29. The lowest BCUT2D eigenvalue weighted by Crippen LogP contribution is -2.11. The summed E-state index contributed by atoms with van der Waals surface area (Å²) in [5, 5.41) is 12.3. The Bertz CT molecular complexity index is 447. The Morgan fingerprint density at radius 3 is 2.83 bits per heavy atom. The minimum absolute atomic E-state index is 0.301. The highest BCUT2D eigenvalue weighted by Crippen LogP contribution is 2.30. The number of nitrogens with one attached hydrogen (secondary N) is 1. The van der Waals surface area contributed by atoms with E-state index in [-0.39, 0.29) is 0 Å². The molecule has 1 aromatic carbocycles. The maximum absolute atomic E-state index is 10.9. The minimum atomic E-state index is -0.905. The molecular formula is C14H18BrNO2. The molecule has 2 rings (SSSR count). The van der Waals surface area contributed by atoms with E-state index in [1.165, 1.54) is 19.3 Å². The van der Waals surface area contributed by atoms with E-state index >= 15 is 0 Å². The molecular weight excluding hydrogens is 294 g/mol. The Morgan fingerprint density at radius 2 is 2.28 bits per heavy atom. The van der Waals surface area contributed by atoms with Gasteiger partial charge in [-0.15, -0.1) is 0 Å². The van der Waals surface area contributed by atoms with Crippen LogP contribution >= 0.6 is 15.9 Å². The number of hydrogen-bond donors (Lipinski definition) is 2. The Hall–Kier alpha value is -1.03. The van der Waals surface area contributed by atoms with Crippen LogP contribution in [0.2, 0.25) is 0 Å². The molecule has 18 heavy (non-hydrogen) atoms. The Balaban J connectivity index is 1.94. The number of anilines is 1. The molecule has 3 nitrogen and oxygen atoms in total. The number of halogens is 1. The molecule has 0 bridgehead atoms. The highest BCUT2D eigenvalue weighted by Gasteiger charge is 2.20. The maximum atomic E-state index is 10.9. The average Bonchev–Trinajstić information content (AvgIpc) is 2.72. The van der Waals surface area contributed by atoms with Gasteiger partial charge < -0.3 is 10.4 Å². The lowest BCUT2D eigenvalue weighted by atomic mass is 10.1. The van der Waals surface area contributed by atoms with E-state index < -0.39 is 5.97 Å². The lowest BCUT2D eigenvalue weighted by molar-refractivity contribution is 0.0696. The quantitative estimate of drug-likeness (QED) is 0.883. The summed E-state index contributed by atoms with van der Waals surface area (Å²) in [6.45, 7) is 3.28. The molecule has 0 heterocycles. The van der Waals surface area contributed by atoms with Gasteiger partial charge in [-0.2, -0.15) is 0 Å². The molecule has 1 aliphatic rings. The van der Waals surface area contributed by atoms with Crippen LogP contribution in [0.15, 0.2) is 22.7 Å². The number of carbonyl (C=O) groups is 1. The van der Waals surface area contributed by atoms with Crippen LogP contribution < -0.4 is 5.32 Å². The monoisotopic (exact) mass is 311 g/mol. The van der Waals surface area contributed by atoms with Gasteiger partial charge >= 0.3 is 5.97 Å². The van der Waals surface area contributed by atoms with Gasteiger partial charge in [-0.25, -0.2) is 4.79 Å². The largest absolute Gasteiger partial charge is 0.478 e. The number of aromatic carboxylic acids is 1. The molecule has 0 spiro atoms. The van der Waals surface area contributed by atoms with Crippen LogP contribution in [0.4, 0.5) is 5.69 Å². The normalized spacial score (nSPS) is 23.0. The summed E-state index contributed by atoms with van der Waals surface area (Å²) in [5.74, 6) is 0.689. The number of hydrogen-bond acceptors (Lipinski definition) is 2. The zero-order valence-corrected chi connectivity index (χ0v) is 12.0. The van der Waals surface area contributed by atoms with Crippen LogP contribution in [0, 0.1) is 11.8 Å². The van der Waals surface area contributed by atoms with E-state index in [4.69, 9.17) is 5.11 Å². The molecule has 2 atom stereocenters. The molecule has 0 aliphatic heterocycles. The van der Waals surface area contributed by atoms with Crippen molar-refractivity contribution >= 4 is 27.6 Å². The van der Waals surface area contributed by atoms with Gasteiger partial charge in [-0.05, 0) is 58.8 Å². The first-order valence-corrected chi connectivity index (χ1v) is 7.12. The van der Waals surface area contributed by atoms with Gasteiger partial charge in [0.15, 0.2) is 0 Å². The Labute approximate surface area is 116 Å². The highest BCUT2D eigenvalue weighted by molar-refractivity contribution is 9.10. The van der Waals surface area contributed by atoms with E-state index in [1.54, 1.807) is 6.07 Å². The van der Waals surface area contributed by atoms with E-state index in [0.717, 1.165) is 24.1 Å². The van der Waals surface area contributed by atoms with E-state index in [2.05, 4.69) is 28.2 Å². The molecule has 1 saturated carbocycles. The Morgan fingerprint density at radius 1 is 1.50 bits per heavy atom. The van der Waals surface area contributed by atoms with Crippen molar-refractivity contribution in [2.24, 2.45) is 11.8 Å². The standard InChI is InChI=1S/C14H18BrNO2/c1-9-2-3-10(6-9)8-16-11-4-5-12(14(17)18)13(15)7-11/h4-5,7,9-10,16H,2-3,6,8H2,1H3,(H,17,18). The third-order valence-electron chi connectivity index (χ3n) is 3.60. The predicted molar refractivity (Wildman–Crippen MR) is 76.1 cm³/mol. The van der Waals surface area contributed by atoms with Crippen molar-refractivity contribution in [1.29, 1.82) is 0 Å². The van der Waals surface area contributed by atoms with Crippen molar-refractivity contribution in [2.45, 2.75) is 26.2 Å². The third kappa shape index (κ3) is 3.25. The predicted octanol–water partition coefficient (Wildman–Crippen LogP) is 4.00. The summed E-state index contributed by atoms with van der Waals surface area (Å²) in [4.78, 5) is 10.9. The molecule has 0 aromatic heterocycles. The molecule has 2 N–H and O–H groups in total. The summed E-state index contributed by atoms with van der Waals surface area (Å²) in [6.07, 6.45) is 3.91. The van der Waals surface area contributed by atoms with Crippen LogP contribution in [-0.2, 0) is 0 Å². The Kier molecular flexibility index (Phi) is 4.27. The second kappa shape index (κ2) is 5.74. The topological polar surface area (TPSA) is 49.3 Å². The van der Waals surface area contributed by atoms with Crippen LogP contribution in [0.5, 0.6) is 0 Å². The number of carboxylic acids is 1. The fraction of sp³-hybridized carbons (Fsp3) is 0.500. The fourth-order valence-corrected chi connectivity index (χ4v) is 3.12. The first kappa shape index (κ1) is 13.4. The smallest absolute Gasteiger partial charge is 0.336 e. The summed E-state index contributed by atoms with van der Waals surface area (Å²) in [7, 11) is 0. The summed E-state index contributed by atoms with van der Waals surface area (Å²) in [5.41, 5.74) is 1.28. The van der Waals surface area contributed by atoms with Crippen LogP contribution in [0.1, 0.15) is 36.5 Å². The molecule has 1 aromatic rings. The average molecular weight is 312 g/mol. The van der Waals surface area contributed by atoms with Gasteiger partial charge in [-0.1, -0.05) is 13.3 Å². The SMILES string of the molecule is CC1CCC(CNc2ccc(C(=O)O)c(Br)c2)C1. The number of benzene rings is 1. The van der Waals surface area contributed by atoms with Gasteiger partial charge in [-0.3, -0.25) is 0 Å². The minimum Gasteiger partial charge on any atom is -0.478 e. The van der Waals surface area contributed by atoms with Crippen LogP contribution in [-0.4, -0.2) is 17.6 Å². The first-order valence-electron chi connectivity index (χ1n) is 6.33. The highest BCUT2D eigenvalue weighted by atomic mass is 79.9. The van der Waals surface area contributed by atoms with E-state index in [9.17, 15) is 4.79 Å². The van der Waals surface area contributed by atoms with Crippen molar-refractivity contribution in [1.82, 2.24) is 0 Å². The molecule has 4 heteroatoms. The molecule has 98 valence electrons. The van der Waals surface area contributed by atoms with Gasteiger partial charge in [0.1, 0.15) is 0 Å². The van der Waals surface area contributed by atoms with Crippen molar-refractivity contribution < 1.29 is 9.90 Å². The second-order valence-electron chi connectivity index (χ2n) is 5.16. The van der Waals surface area contributed by atoms with Crippen molar-refractivity contribution in [3.8, 4) is 0 Å². The van der Waals surface area contributed by atoms with Crippen LogP contribution in [0.25, 0.3) is 0 Å². The molecule has 2 unspecified atom stereocenters. The lowest BCUT2D eigenvalue weighted by Gasteiger charge is -2.13. The maximum Gasteiger partial charge on any atom is 0.336 e. The van der Waals surface area contributed by atoms with Gasteiger partial charge in [0.2, 0.25) is 0 Å². The second-order valence-corrected chi connectivity index (χ2v) is 6.02. The molecule has 0 saturated heterocycles.